The molecular formula is C21H22N4O3. The van der Waals surface area contributed by atoms with Crippen molar-refractivity contribution in [3.8, 4) is 0 Å². The average Bonchev–Trinajstić information content (AvgIpc) is 3.46. The predicted octanol–water partition coefficient (Wildman–Crippen LogP) is 3.27. The number of aryl methyl sites for hydroxylation is 2. The number of likely N-dealkylation sites (tertiary alicyclic amines) is 1. The number of hydrogen-bond donors (Lipinski definition) is 0. The second kappa shape index (κ2) is 6.89. The van der Waals surface area contributed by atoms with Crippen molar-refractivity contribution in [1.82, 2.24) is 20.2 Å². The van der Waals surface area contributed by atoms with Gasteiger partial charge in [-0.05, 0) is 31.7 Å². The third-order valence-electron chi connectivity index (χ3n) is 5.85. The van der Waals surface area contributed by atoms with Gasteiger partial charge in [0.1, 0.15) is 5.76 Å². The average molecular weight is 378 g/mol. The van der Waals surface area contributed by atoms with Crippen LogP contribution in [0.1, 0.15) is 63.8 Å². The molecule has 1 aliphatic heterocycles. The van der Waals surface area contributed by atoms with Crippen molar-refractivity contribution < 1.29 is 13.8 Å². The summed E-state index contributed by atoms with van der Waals surface area (Å²) in [6.07, 6.45) is 3.90. The summed E-state index contributed by atoms with van der Waals surface area (Å²) in [6, 6.07) is 10.2. The molecule has 0 saturated carbocycles. The maximum atomic E-state index is 13.3. The monoisotopic (exact) mass is 378 g/mol. The first-order chi connectivity index (χ1) is 13.7. The minimum atomic E-state index is -0.0634. The lowest BCUT2D eigenvalue weighted by Crippen LogP contribution is -2.30. The third-order valence-corrected chi connectivity index (χ3v) is 5.85. The summed E-state index contributed by atoms with van der Waals surface area (Å²) in [6.45, 7) is 2.93. The van der Waals surface area contributed by atoms with Gasteiger partial charge in [-0.15, -0.1) is 0 Å². The normalized spacial score (nSPS) is 21.7. The highest BCUT2D eigenvalue weighted by Gasteiger charge is 2.41. The van der Waals surface area contributed by atoms with E-state index in [9.17, 15) is 4.79 Å². The van der Waals surface area contributed by atoms with Crippen LogP contribution in [-0.4, -0.2) is 39.2 Å². The van der Waals surface area contributed by atoms with Crippen molar-refractivity contribution in [3.63, 3.8) is 0 Å². The number of benzene rings is 1. The van der Waals surface area contributed by atoms with Gasteiger partial charge < -0.3 is 13.9 Å². The van der Waals surface area contributed by atoms with E-state index in [1.54, 1.807) is 0 Å². The molecule has 1 aromatic carbocycles. The summed E-state index contributed by atoms with van der Waals surface area (Å²) in [5.74, 6) is 2.08. The molecule has 28 heavy (non-hydrogen) atoms. The Balaban J connectivity index is 1.46. The second-order valence-electron chi connectivity index (χ2n) is 7.65. The summed E-state index contributed by atoms with van der Waals surface area (Å²) in [5, 5.41) is 8.07. The smallest absolute Gasteiger partial charge is 0.276 e. The van der Waals surface area contributed by atoms with Crippen LogP contribution in [0.3, 0.4) is 0 Å². The van der Waals surface area contributed by atoms with Gasteiger partial charge in [-0.1, -0.05) is 40.6 Å². The minimum Gasteiger partial charge on any atom is -0.360 e. The summed E-state index contributed by atoms with van der Waals surface area (Å²) >= 11 is 0. The molecule has 7 nitrogen and oxygen atoms in total. The summed E-state index contributed by atoms with van der Waals surface area (Å²) in [5.41, 5.74) is 2.63. The summed E-state index contributed by atoms with van der Waals surface area (Å²) in [7, 11) is 0. The van der Waals surface area contributed by atoms with Crippen LogP contribution in [0.15, 0.2) is 39.4 Å². The fraction of sp³-hybridized carbons (Fsp3) is 0.429. The van der Waals surface area contributed by atoms with E-state index in [2.05, 4.69) is 27.4 Å². The molecule has 1 fully saturated rings. The Bertz CT molecular complexity index is 994. The van der Waals surface area contributed by atoms with Crippen molar-refractivity contribution in [2.75, 3.05) is 13.1 Å². The number of amides is 1. The van der Waals surface area contributed by atoms with Crippen LogP contribution in [-0.2, 0) is 12.8 Å². The predicted molar refractivity (Wildman–Crippen MR) is 100 cm³/mol. The van der Waals surface area contributed by atoms with E-state index in [1.807, 2.05) is 30.0 Å². The molecule has 3 aromatic rings. The van der Waals surface area contributed by atoms with Crippen LogP contribution in [0.2, 0.25) is 0 Å². The van der Waals surface area contributed by atoms with Gasteiger partial charge in [0, 0.05) is 31.0 Å². The fourth-order valence-corrected chi connectivity index (χ4v) is 4.42. The van der Waals surface area contributed by atoms with E-state index in [-0.39, 0.29) is 17.7 Å². The maximum absolute atomic E-state index is 13.3. The molecule has 0 radical (unpaired) electrons. The lowest BCUT2D eigenvalue weighted by Gasteiger charge is -2.16. The molecule has 1 saturated heterocycles. The van der Waals surface area contributed by atoms with E-state index in [0.717, 1.165) is 37.0 Å². The molecule has 2 aromatic heterocycles. The van der Waals surface area contributed by atoms with Crippen LogP contribution in [0, 0.1) is 6.92 Å². The second-order valence-corrected chi connectivity index (χ2v) is 7.65. The molecule has 1 amide bonds. The van der Waals surface area contributed by atoms with Gasteiger partial charge in [0.2, 0.25) is 5.89 Å². The van der Waals surface area contributed by atoms with E-state index in [4.69, 9.17) is 9.05 Å². The van der Waals surface area contributed by atoms with Crippen LogP contribution < -0.4 is 0 Å². The Labute approximate surface area is 162 Å². The van der Waals surface area contributed by atoms with Crippen molar-refractivity contribution in [3.05, 3.63) is 64.6 Å². The standard InChI is InChI=1S/C21H22N4O3/c1-13-22-20(28-23-13)17-12-25(11-16(17)14-7-3-2-4-8-14)21(26)19-15-9-5-6-10-18(15)27-24-19/h2-4,7-8,16-17H,5-6,9-12H2,1H3/t16-,17-/m0/s1. The van der Waals surface area contributed by atoms with Crippen molar-refractivity contribution >= 4 is 5.91 Å². The van der Waals surface area contributed by atoms with Gasteiger partial charge in [0.15, 0.2) is 11.5 Å². The van der Waals surface area contributed by atoms with E-state index in [1.165, 1.54) is 5.56 Å². The molecule has 1 aliphatic carbocycles. The zero-order valence-electron chi connectivity index (χ0n) is 15.8. The first kappa shape index (κ1) is 17.2. The van der Waals surface area contributed by atoms with Crippen molar-refractivity contribution in [2.45, 2.75) is 44.4 Å². The largest absolute Gasteiger partial charge is 0.360 e. The van der Waals surface area contributed by atoms with Crippen LogP contribution in [0.4, 0.5) is 0 Å². The van der Waals surface area contributed by atoms with E-state index in [0.29, 0.717) is 30.5 Å². The van der Waals surface area contributed by atoms with Gasteiger partial charge in [0.25, 0.3) is 5.91 Å². The number of carbonyl (C=O) groups is 1. The molecule has 3 heterocycles. The fourth-order valence-electron chi connectivity index (χ4n) is 4.42. The number of rotatable bonds is 3. The highest BCUT2D eigenvalue weighted by molar-refractivity contribution is 5.94. The molecule has 0 N–H and O–H groups in total. The SMILES string of the molecule is Cc1noc([C@H]2CN(C(=O)c3noc4c3CCCC4)C[C@H]2c2ccccc2)n1. The van der Waals surface area contributed by atoms with E-state index >= 15 is 0 Å². The molecule has 0 spiro atoms. The van der Waals surface area contributed by atoms with Gasteiger partial charge in [-0.2, -0.15) is 4.98 Å². The molecular weight excluding hydrogens is 356 g/mol. The lowest BCUT2D eigenvalue weighted by atomic mass is 9.89. The Morgan fingerprint density at radius 2 is 1.82 bits per heavy atom. The topological polar surface area (TPSA) is 85.3 Å². The Hall–Kier alpha value is -2.96. The van der Waals surface area contributed by atoms with Gasteiger partial charge in [0.05, 0.1) is 5.92 Å². The van der Waals surface area contributed by atoms with E-state index < -0.39 is 0 Å². The number of aromatic nitrogens is 3. The Morgan fingerprint density at radius 3 is 2.61 bits per heavy atom. The van der Waals surface area contributed by atoms with Crippen LogP contribution in [0.25, 0.3) is 0 Å². The van der Waals surface area contributed by atoms with Gasteiger partial charge >= 0.3 is 0 Å². The highest BCUT2D eigenvalue weighted by atomic mass is 16.5. The highest BCUT2D eigenvalue weighted by Crippen LogP contribution is 2.40. The maximum Gasteiger partial charge on any atom is 0.276 e. The molecule has 2 atom stereocenters. The zero-order chi connectivity index (χ0) is 19.1. The quantitative estimate of drug-likeness (QED) is 0.695. The number of fused-ring (bicyclic) bond motifs is 1. The lowest BCUT2D eigenvalue weighted by molar-refractivity contribution is 0.0777. The first-order valence-corrected chi connectivity index (χ1v) is 9.82. The molecule has 144 valence electrons. The zero-order valence-corrected chi connectivity index (χ0v) is 15.8. The molecule has 5 rings (SSSR count). The number of nitrogens with zero attached hydrogens (tertiary/aromatic N) is 4. The van der Waals surface area contributed by atoms with Crippen molar-refractivity contribution in [2.24, 2.45) is 0 Å². The Morgan fingerprint density at radius 1 is 1.04 bits per heavy atom. The van der Waals surface area contributed by atoms with Gasteiger partial charge in [-0.3, -0.25) is 4.79 Å². The van der Waals surface area contributed by atoms with Crippen LogP contribution >= 0.6 is 0 Å². The first-order valence-electron chi connectivity index (χ1n) is 9.82. The third kappa shape index (κ3) is 2.91. The number of carbonyl (C=O) groups excluding carboxylic acids is 1. The molecule has 7 heteroatoms. The Kier molecular flexibility index (Phi) is 4.22. The summed E-state index contributed by atoms with van der Waals surface area (Å²) in [4.78, 5) is 19.6. The van der Waals surface area contributed by atoms with Gasteiger partial charge in [-0.25, -0.2) is 0 Å². The molecule has 0 unspecified atom stereocenters. The van der Waals surface area contributed by atoms with Crippen molar-refractivity contribution in [1.29, 1.82) is 0 Å². The number of hydrogen-bond acceptors (Lipinski definition) is 6. The minimum absolute atomic E-state index is 0.0322. The molecule has 0 bridgehead atoms. The van der Waals surface area contributed by atoms with Crippen LogP contribution in [0.5, 0.6) is 0 Å². The summed E-state index contributed by atoms with van der Waals surface area (Å²) < 4.78 is 10.9. The molecule has 2 aliphatic rings.